The van der Waals surface area contributed by atoms with Crippen molar-refractivity contribution in [1.29, 1.82) is 0 Å². The van der Waals surface area contributed by atoms with Crippen molar-refractivity contribution in [2.75, 3.05) is 11.4 Å². The van der Waals surface area contributed by atoms with Gasteiger partial charge in [-0.2, -0.15) is 0 Å². The molecule has 0 saturated heterocycles. The van der Waals surface area contributed by atoms with Crippen LogP contribution in [0, 0.1) is 12.7 Å². The lowest BCUT2D eigenvalue weighted by molar-refractivity contribution is 0.619. The van der Waals surface area contributed by atoms with Gasteiger partial charge in [-0.05, 0) is 37.6 Å². The SMILES string of the molecule is CCN(c1cccc(C)c1)c1ncc(F)cc1CCl. The Morgan fingerprint density at radius 3 is 2.74 bits per heavy atom. The molecule has 0 aliphatic rings. The molecular formula is C15H16ClFN2. The van der Waals surface area contributed by atoms with Crippen LogP contribution in [0.1, 0.15) is 18.1 Å². The lowest BCUT2D eigenvalue weighted by atomic mass is 10.2. The average Bonchev–Trinajstić information content (AvgIpc) is 2.41. The van der Waals surface area contributed by atoms with E-state index in [4.69, 9.17) is 11.6 Å². The van der Waals surface area contributed by atoms with E-state index in [9.17, 15) is 4.39 Å². The van der Waals surface area contributed by atoms with E-state index in [0.717, 1.165) is 12.2 Å². The summed E-state index contributed by atoms with van der Waals surface area (Å²) < 4.78 is 13.2. The summed E-state index contributed by atoms with van der Waals surface area (Å²) in [6.45, 7) is 4.81. The molecule has 4 heteroatoms. The number of nitrogens with zero attached hydrogens (tertiary/aromatic N) is 2. The van der Waals surface area contributed by atoms with Crippen LogP contribution in [0.4, 0.5) is 15.9 Å². The van der Waals surface area contributed by atoms with Gasteiger partial charge in [-0.25, -0.2) is 9.37 Å². The fraction of sp³-hybridized carbons (Fsp3) is 0.267. The number of alkyl halides is 1. The molecule has 1 aromatic heterocycles. The first-order valence-corrected chi connectivity index (χ1v) is 6.73. The molecule has 2 aromatic rings. The Morgan fingerprint density at radius 2 is 2.11 bits per heavy atom. The van der Waals surface area contributed by atoms with Crippen molar-refractivity contribution in [2.24, 2.45) is 0 Å². The highest BCUT2D eigenvalue weighted by Crippen LogP contribution is 2.28. The van der Waals surface area contributed by atoms with Gasteiger partial charge in [0.2, 0.25) is 0 Å². The zero-order valence-corrected chi connectivity index (χ0v) is 11.8. The first-order chi connectivity index (χ1) is 9.15. The number of benzene rings is 1. The molecule has 0 unspecified atom stereocenters. The van der Waals surface area contributed by atoms with Crippen molar-refractivity contribution in [3.05, 3.63) is 53.5 Å². The minimum atomic E-state index is -0.361. The highest BCUT2D eigenvalue weighted by atomic mass is 35.5. The second-order valence-electron chi connectivity index (χ2n) is 4.35. The summed E-state index contributed by atoms with van der Waals surface area (Å²) in [7, 11) is 0. The summed E-state index contributed by atoms with van der Waals surface area (Å²) in [5.41, 5.74) is 2.91. The van der Waals surface area contributed by atoms with Gasteiger partial charge in [-0.1, -0.05) is 12.1 Å². The molecule has 19 heavy (non-hydrogen) atoms. The van der Waals surface area contributed by atoms with E-state index in [1.807, 2.05) is 36.9 Å². The second-order valence-corrected chi connectivity index (χ2v) is 4.62. The Bertz CT molecular complexity index is 572. The number of anilines is 2. The van der Waals surface area contributed by atoms with Crippen molar-refractivity contribution in [1.82, 2.24) is 4.98 Å². The number of rotatable bonds is 4. The monoisotopic (exact) mass is 278 g/mol. The van der Waals surface area contributed by atoms with Gasteiger partial charge >= 0.3 is 0 Å². The van der Waals surface area contributed by atoms with Gasteiger partial charge in [0.1, 0.15) is 11.6 Å². The van der Waals surface area contributed by atoms with Crippen LogP contribution in [0.25, 0.3) is 0 Å². The molecule has 0 aliphatic heterocycles. The molecule has 1 aromatic carbocycles. The molecular weight excluding hydrogens is 263 g/mol. The smallest absolute Gasteiger partial charge is 0.141 e. The first kappa shape index (κ1) is 13.8. The van der Waals surface area contributed by atoms with Crippen LogP contribution < -0.4 is 4.90 Å². The molecule has 2 rings (SSSR count). The normalized spacial score (nSPS) is 10.5. The minimum Gasteiger partial charge on any atom is -0.326 e. The summed E-state index contributed by atoms with van der Waals surface area (Å²) >= 11 is 5.89. The van der Waals surface area contributed by atoms with Crippen LogP contribution >= 0.6 is 11.6 Å². The first-order valence-electron chi connectivity index (χ1n) is 6.20. The van der Waals surface area contributed by atoms with Gasteiger partial charge in [-0.3, -0.25) is 0 Å². The lowest BCUT2D eigenvalue weighted by Crippen LogP contribution is -2.19. The number of halogens is 2. The zero-order valence-electron chi connectivity index (χ0n) is 11.0. The van der Waals surface area contributed by atoms with E-state index in [-0.39, 0.29) is 11.7 Å². The number of aromatic nitrogens is 1. The summed E-state index contributed by atoms with van der Waals surface area (Å²) in [6.07, 6.45) is 1.23. The van der Waals surface area contributed by atoms with E-state index < -0.39 is 0 Å². The number of pyridine rings is 1. The third-order valence-electron chi connectivity index (χ3n) is 2.94. The van der Waals surface area contributed by atoms with Gasteiger partial charge in [0.25, 0.3) is 0 Å². The molecule has 0 spiro atoms. The van der Waals surface area contributed by atoms with Crippen molar-refractivity contribution in [3.8, 4) is 0 Å². The van der Waals surface area contributed by atoms with Gasteiger partial charge in [0.15, 0.2) is 0 Å². The van der Waals surface area contributed by atoms with Crippen LogP contribution in [0.2, 0.25) is 0 Å². The highest BCUT2D eigenvalue weighted by Gasteiger charge is 2.14. The van der Waals surface area contributed by atoms with Gasteiger partial charge in [-0.15, -0.1) is 11.6 Å². The Labute approximate surface area is 117 Å². The minimum absolute atomic E-state index is 0.239. The maximum atomic E-state index is 13.2. The molecule has 0 N–H and O–H groups in total. The predicted octanol–water partition coefficient (Wildman–Crippen LogP) is 4.43. The number of hydrogen-bond donors (Lipinski definition) is 0. The number of hydrogen-bond acceptors (Lipinski definition) is 2. The third-order valence-corrected chi connectivity index (χ3v) is 3.23. The summed E-state index contributed by atoms with van der Waals surface area (Å²) in [5, 5.41) is 0. The van der Waals surface area contributed by atoms with Crippen LogP contribution in [-0.2, 0) is 5.88 Å². The molecule has 1 heterocycles. The molecule has 0 radical (unpaired) electrons. The second kappa shape index (κ2) is 6.02. The Balaban J connectivity index is 2.48. The number of aryl methyl sites for hydroxylation is 1. The van der Waals surface area contributed by atoms with Crippen molar-refractivity contribution < 1.29 is 4.39 Å². The average molecular weight is 279 g/mol. The van der Waals surface area contributed by atoms with Crippen LogP contribution in [0.3, 0.4) is 0 Å². The highest BCUT2D eigenvalue weighted by molar-refractivity contribution is 6.17. The predicted molar refractivity (Wildman–Crippen MR) is 77.6 cm³/mol. The standard InChI is InChI=1S/C15H16ClFN2/c1-3-19(14-6-4-5-11(2)7-14)15-12(9-16)8-13(17)10-18-15/h4-8,10H,3,9H2,1-2H3. The van der Waals surface area contributed by atoms with E-state index >= 15 is 0 Å². The third kappa shape index (κ3) is 3.04. The van der Waals surface area contributed by atoms with Crippen LogP contribution in [0.5, 0.6) is 0 Å². The van der Waals surface area contributed by atoms with Crippen molar-refractivity contribution in [2.45, 2.75) is 19.7 Å². The van der Waals surface area contributed by atoms with Gasteiger partial charge in [0, 0.05) is 17.8 Å². The maximum absolute atomic E-state index is 13.2. The summed E-state index contributed by atoms with van der Waals surface area (Å²) in [4.78, 5) is 6.22. The summed E-state index contributed by atoms with van der Waals surface area (Å²) in [6, 6.07) is 9.56. The zero-order chi connectivity index (χ0) is 13.8. The van der Waals surface area contributed by atoms with Crippen molar-refractivity contribution in [3.63, 3.8) is 0 Å². The maximum Gasteiger partial charge on any atom is 0.141 e. The van der Waals surface area contributed by atoms with Gasteiger partial charge in [0.05, 0.1) is 12.1 Å². The van der Waals surface area contributed by atoms with E-state index in [1.54, 1.807) is 0 Å². The Kier molecular flexibility index (Phi) is 4.38. The molecule has 0 aliphatic carbocycles. The fourth-order valence-electron chi connectivity index (χ4n) is 2.07. The topological polar surface area (TPSA) is 16.1 Å². The Morgan fingerprint density at radius 1 is 1.32 bits per heavy atom. The summed E-state index contributed by atoms with van der Waals surface area (Å²) in [5.74, 6) is 0.590. The quantitative estimate of drug-likeness (QED) is 0.769. The molecule has 0 amide bonds. The molecule has 0 bridgehead atoms. The van der Waals surface area contributed by atoms with Crippen LogP contribution in [-0.4, -0.2) is 11.5 Å². The molecule has 0 saturated carbocycles. The van der Waals surface area contributed by atoms with E-state index in [0.29, 0.717) is 11.4 Å². The molecule has 0 atom stereocenters. The largest absolute Gasteiger partial charge is 0.326 e. The van der Waals surface area contributed by atoms with Gasteiger partial charge < -0.3 is 4.90 Å². The lowest BCUT2D eigenvalue weighted by Gasteiger charge is -2.24. The molecule has 100 valence electrons. The van der Waals surface area contributed by atoms with Crippen LogP contribution in [0.15, 0.2) is 36.5 Å². The molecule has 0 fully saturated rings. The molecule has 2 nitrogen and oxygen atoms in total. The van der Waals surface area contributed by atoms with E-state index in [1.165, 1.54) is 17.8 Å². The van der Waals surface area contributed by atoms with E-state index in [2.05, 4.69) is 11.1 Å². The Hall–Kier alpha value is -1.61. The fourth-order valence-corrected chi connectivity index (χ4v) is 2.26. The van der Waals surface area contributed by atoms with Crippen molar-refractivity contribution >= 4 is 23.1 Å².